The van der Waals surface area contributed by atoms with Gasteiger partial charge in [-0.1, -0.05) is 41.5 Å². The smallest absolute Gasteiger partial charge is 0.224 e. The van der Waals surface area contributed by atoms with Crippen LogP contribution in [0.3, 0.4) is 0 Å². The Balaban J connectivity index is 3.42. The number of hydrogen-bond donors (Lipinski definition) is 0. The van der Waals surface area contributed by atoms with Crippen molar-refractivity contribution in [2.45, 2.75) is 60.8 Å². The Kier molecular flexibility index (Phi) is 12.3. The zero-order valence-corrected chi connectivity index (χ0v) is 17.7. The third kappa shape index (κ3) is 18.0. The molecule has 5 nitrogen and oxygen atoms in total. The van der Waals surface area contributed by atoms with Crippen LogP contribution in [0.2, 0.25) is 0 Å². The van der Waals surface area contributed by atoms with Crippen molar-refractivity contribution < 1.29 is 19.0 Å². The largest absolute Gasteiger partial charge is 0.379 e. The van der Waals surface area contributed by atoms with Crippen molar-refractivity contribution >= 4 is 5.91 Å². The van der Waals surface area contributed by atoms with Gasteiger partial charge < -0.3 is 19.1 Å². The molecule has 0 atom stereocenters. The summed E-state index contributed by atoms with van der Waals surface area (Å²) in [5.41, 5.74) is 0.561. The lowest BCUT2D eigenvalue weighted by Gasteiger charge is -2.23. The van der Waals surface area contributed by atoms with Crippen LogP contribution in [0.5, 0.6) is 0 Å². The molecule has 5 heteroatoms. The van der Waals surface area contributed by atoms with Crippen LogP contribution in [0.25, 0.3) is 0 Å². The van der Waals surface area contributed by atoms with Crippen LogP contribution in [-0.2, 0) is 19.0 Å². The molecule has 0 N–H and O–H groups in total. The maximum absolute atomic E-state index is 12.0. The highest BCUT2D eigenvalue weighted by Crippen LogP contribution is 2.18. The molecule has 1 amide bonds. The van der Waals surface area contributed by atoms with E-state index in [9.17, 15) is 4.79 Å². The minimum absolute atomic E-state index is 0.136. The highest BCUT2D eigenvalue weighted by molar-refractivity contribution is 5.75. The van der Waals surface area contributed by atoms with Gasteiger partial charge in [-0.2, -0.15) is 0 Å². The van der Waals surface area contributed by atoms with Crippen molar-refractivity contribution in [1.29, 1.82) is 0 Å². The molecule has 0 aromatic rings. The lowest BCUT2D eigenvalue weighted by molar-refractivity contribution is -0.131. The first kappa shape index (κ1) is 24.4. The second-order valence-electron chi connectivity index (χ2n) is 9.02. The van der Waals surface area contributed by atoms with Crippen LogP contribution in [0.1, 0.15) is 60.8 Å². The fourth-order valence-electron chi connectivity index (χ4n) is 1.90. The van der Waals surface area contributed by atoms with Gasteiger partial charge in [-0.25, -0.2) is 0 Å². The summed E-state index contributed by atoms with van der Waals surface area (Å²) in [4.78, 5) is 13.8. The summed E-state index contributed by atoms with van der Waals surface area (Å²) in [6, 6.07) is 0. The molecule has 0 heterocycles. The van der Waals surface area contributed by atoms with Crippen molar-refractivity contribution in [2.24, 2.45) is 10.8 Å². The summed E-state index contributed by atoms with van der Waals surface area (Å²) in [7, 11) is 1.86. The van der Waals surface area contributed by atoms with Gasteiger partial charge in [0.1, 0.15) is 0 Å². The van der Waals surface area contributed by atoms with Gasteiger partial charge in [-0.05, 0) is 23.7 Å². The zero-order chi connectivity index (χ0) is 19.3. The lowest BCUT2D eigenvalue weighted by Crippen LogP contribution is -2.30. The van der Waals surface area contributed by atoms with Crippen LogP contribution in [0.15, 0.2) is 0 Å². The van der Waals surface area contributed by atoms with Gasteiger partial charge in [0.15, 0.2) is 0 Å². The molecule has 0 bridgehead atoms. The quantitative estimate of drug-likeness (QED) is 0.470. The minimum atomic E-state index is 0.136. The third-order valence-electron chi connectivity index (χ3n) is 3.82. The molecule has 150 valence electrons. The summed E-state index contributed by atoms with van der Waals surface area (Å²) >= 11 is 0. The second kappa shape index (κ2) is 12.7. The molecule has 0 saturated heterocycles. The molecule has 0 spiro atoms. The Morgan fingerprint density at radius 2 is 1.16 bits per heavy atom. The van der Waals surface area contributed by atoms with Crippen LogP contribution in [0.4, 0.5) is 0 Å². The average Bonchev–Trinajstić information content (AvgIpc) is 2.48. The molecular weight excluding hydrogens is 318 g/mol. The highest BCUT2D eigenvalue weighted by Gasteiger charge is 2.14. The minimum Gasteiger partial charge on any atom is -0.379 e. The number of nitrogens with zero attached hydrogens (tertiary/aromatic N) is 1. The Bertz CT molecular complexity index is 345. The predicted octanol–water partition coefficient (Wildman–Crippen LogP) is 3.76. The van der Waals surface area contributed by atoms with Gasteiger partial charge >= 0.3 is 0 Å². The van der Waals surface area contributed by atoms with Crippen LogP contribution in [0, 0.1) is 10.8 Å². The number of carbonyl (C=O) groups is 1. The van der Waals surface area contributed by atoms with Crippen molar-refractivity contribution in [1.82, 2.24) is 4.90 Å². The first-order chi connectivity index (χ1) is 11.5. The maximum atomic E-state index is 12.0. The molecule has 0 aliphatic heterocycles. The maximum Gasteiger partial charge on any atom is 0.224 e. The molecule has 0 aliphatic carbocycles. The van der Waals surface area contributed by atoms with E-state index in [4.69, 9.17) is 14.2 Å². The number of ether oxygens (including phenoxy) is 3. The fourth-order valence-corrected chi connectivity index (χ4v) is 1.90. The van der Waals surface area contributed by atoms with Crippen LogP contribution in [-0.4, -0.2) is 64.0 Å². The molecule has 0 aromatic heterocycles. The van der Waals surface area contributed by atoms with E-state index in [-0.39, 0.29) is 11.3 Å². The van der Waals surface area contributed by atoms with Crippen molar-refractivity contribution in [2.75, 3.05) is 53.2 Å². The van der Waals surface area contributed by atoms with Crippen molar-refractivity contribution in [3.05, 3.63) is 0 Å². The fraction of sp³-hybridized carbons (Fsp3) is 0.950. The molecule has 0 radical (unpaired) electrons. The Morgan fingerprint density at radius 1 is 0.720 bits per heavy atom. The van der Waals surface area contributed by atoms with E-state index in [1.807, 2.05) is 7.05 Å². The number of hydrogen-bond acceptors (Lipinski definition) is 4. The standard InChI is InChI=1S/C20H41NO4/c1-19(2,3)9-11-21(7)18(22)8-12-23-14-16-25-17-15-24-13-10-20(4,5)6/h8-17H2,1-7H3. The van der Waals surface area contributed by atoms with E-state index in [1.54, 1.807) is 4.90 Å². The van der Waals surface area contributed by atoms with E-state index in [1.165, 1.54) is 0 Å². The lowest BCUT2D eigenvalue weighted by atomic mass is 9.92. The predicted molar refractivity (Wildman–Crippen MR) is 103 cm³/mol. The Labute approximate surface area is 155 Å². The number of amides is 1. The summed E-state index contributed by atoms with van der Waals surface area (Å²) in [6.45, 7) is 17.4. The topological polar surface area (TPSA) is 48.0 Å². The first-order valence-electron chi connectivity index (χ1n) is 9.48. The molecule has 25 heavy (non-hydrogen) atoms. The van der Waals surface area contributed by atoms with Gasteiger partial charge in [0.05, 0.1) is 39.5 Å². The molecule has 0 saturated carbocycles. The monoisotopic (exact) mass is 359 g/mol. The Morgan fingerprint density at radius 3 is 1.64 bits per heavy atom. The Hall–Kier alpha value is -0.650. The van der Waals surface area contributed by atoms with Gasteiger partial charge in [0, 0.05) is 20.2 Å². The van der Waals surface area contributed by atoms with E-state index in [0.717, 1.165) is 26.0 Å². The number of rotatable bonds is 13. The number of carbonyl (C=O) groups excluding carboxylic acids is 1. The normalized spacial score (nSPS) is 12.4. The van der Waals surface area contributed by atoms with Gasteiger partial charge in [0.25, 0.3) is 0 Å². The third-order valence-corrected chi connectivity index (χ3v) is 3.82. The van der Waals surface area contributed by atoms with E-state index >= 15 is 0 Å². The van der Waals surface area contributed by atoms with Gasteiger partial charge in [-0.3, -0.25) is 4.79 Å². The average molecular weight is 360 g/mol. The van der Waals surface area contributed by atoms with Crippen LogP contribution < -0.4 is 0 Å². The van der Waals surface area contributed by atoms with Crippen LogP contribution >= 0.6 is 0 Å². The molecule has 0 fully saturated rings. The highest BCUT2D eigenvalue weighted by atomic mass is 16.5. The SMILES string of the molecule is CN(CCC(C)(C)C)C(=O)CCOCCOCCOCCC(C)(C)C. The molecule has 0 aliphatic rings. The van der Waals surface area contributed by atoms with Gasteiger partial charge in [-0.15, -0.1) is 0 Å². The summed E-state index contributed by atoms with van der Waals surface area (Å²) in [5, 5.41) is 0. The second-order valence-corrected chi connectivity index (χ2v) is 9.02. The molecular formula is C20H41NO4. The van der Waals surface area contributed by atoms with Gasteiger partial charge in [0.2, 0.25) is 5.91 Å². The summed E-state index contributed by atoms with van der Waals surface area (Å²) < 4.78 is 16.4. The van der Waals surface area contributed by atoms with E-state index in [0.29, 0.717) is 44.9 Å². The molecule has 0 aromatic carbocycles. The molecule has 0 unspecified atom stereocenters. The first-order valence-corrected chi connectivity index (χ1v) is 9.48. The summed E-state index contributed by atoms with van der Waals surface area (Å²) in [5.74, 6) is 0.136. The van der Waals surface area contributed by atoms with Crippen molar-refractivity contribution in [3.63, 3.8) is 0 Å². The summed E-state index contributed by atoms with van der Waals surface area (Å²) in [6.07, 6.45) is 2.48. The molecule has 0 rings (SSSR count). The zero-order valence-electron chi connectivity index (χ0n) is 17.7. The van der Waals surface area contributed by atoms with E-state index < -0.39 is 0 Å². The van der Waals surface area contributed by atoms with E-state index in [2.05, 4.69) is 41.5 Å². The van der Waals surface area contributed by atoms with Crippen molar-refractivity contribution in [3.8, 4) is 0 Å².